The SMILES string of the molecule is CCc1ccc(-c2nc(SCC(=O)O)n[nH]2)s1. The van der Waals surface area contributed by atoms with E-state index < -0.39 is 5.97 Å². The number of carboxylic acid groups (broad SMARTS) is 1. The van der Waals surface area contributed by atoms with Crippen LogP contribution in [-0.2, 0) is 11.2 Å². The lowest BCUT2D eigenvalue weighted by molar-refractivity contribution is -0.133. The first-order chi connectivity index (χ1) is 8.19. The van der Waals surface area contributed by atoms with Gasteiger partial charge in [0, 0.05) is 4.88 Å². The van der Waals surface area contributed by atoms with Crippen molar-refractivity contribution in [2.45, 2.75) is 18.5 Å². The predicted molar refractivity (Wildman–Crippen MR) is 67.4 cm³/mol. The number of aliphatic carboxylic acids is 1. The van der Waals surface area contributed by atoms with E-state index in [0.29, 0.717) is 11.0 Å². The van der Waals surface area contributed by atoms with Gasteiger partial charge in [-0.1, -0.05) is 18.7 Å². The monoisotopic (exact) mass is 269 g/mol. The summed E-state index contributed by atoms with van der Waals surface area (Å²) < 4.78 is 0. The number of carboxylic acids is 1. The number of aromatic amines is 1. The highest BCUT2D eigenvalue weighted by atomic mass is 32.2. The van der Waals surface area contributed by atoms with Crippen molar-refractivity contribution in [1.82, 2.24) is 15.2 Å². The van der Waals surface area contributed by atoms with E-state index in [1.807, 2.05) is 6.07 Å². The second-order valence-electron chi connectivity index (χ2n) is 3.27. The van der Waals surface area contributed by atoms with Crippen LogP contribution >= 0.6 is 23.1 Å². The van der Waals surface area contributed by atoms with Gasteiger partial charge in [0.2, 0.25) is 5.16 Å². The molecule has 0 radical (unpaired) electrons. The normalized spacial score (nSPS) is 10.6. The summed E-state index contributed by atoms with van der Waals surface area (Å²) >= 11 is 2.77. The smallest absolute Gasteiger partial charge is 0.313 e. The number of carbonyl (C=O) groups is 1. The maximum Gasteiger partial charge on any atom is 0.313 e. The van der Waals surface area contributed by atoms with Crippen molar-refractivity contribution in [3.8, 4) is 10.7 Å². The number of thioether (sulfide) groups is 1. The minimum Gasteiger partial charge on any atom is -0.481 e. The minimum atomic E-state index is -0.870. The van der Waals surface area contributed by atoms with Gasteiger partial charge < -0.3 is 5.11 Å². The van der Waals surface area contributed by atoms with Crippen molar-refractivity contribution in [2.75, 3.05) is 5.75 Å². The zero-order chi connectivity index (χ0) is 12.3. The number of nitrogens with zero attached hydrogens (tertiary/aromatic N) is 2. The fourth-order valence-corrected chi connectivity index (χ4v) is 2.65. The average Bonchev–Trinajstić information content (AvgIpc) is 2.94. The van der Waals surface area contributed by atoms with Crippen molar-refractivity contribution in [3.63, 3.8) is 0 Å². The van der Waals surface area contributed by atoms with Gasteiger partial charge in [0.05, 0.1) is 10.6 Å². The van der Waals surface area contributed by atoms with Crippen molar-refractivity contribution in [1.29, 1.82) is 0 Å². The molecule has 17 heavy (non-hydrogen) atoms. The van der Waals surface area contributed by atoms with Gasteiger partial charge in [-0.15, -0.1) is 16.4 Å². The first-order valence-electron chi connectivity index (χ1n) is 5.05. The summed E-state index contributed by atoms with van der Waals surface area (Å²) in [5, 5.41) is 15.8. The lowest BCUT2D eigenvalue weighted by atomic mass is 10.3. The van der Waals surface area contributed by atoms with Crippen LogP contribution in [0.2, 0.25) is 0 Å². The Morgan fingerprint density at radius 3 is 3.06 bits per heavy atom. The van der Waals surface area contributed by atoms with Crippen LogP contribution in [-0.4, -0.2) is 32.0 Å². The summed E-state index contributed by atoms with van der Waals surface area (Å²) in [5.41, 5.74) is 0. The number of aromatic nitrogens is 3. The van der Waals surface area contributed by atoms with E-state index in [2.05, 4.69) is 28.2 Å². The zero-order valence-electron chi connectivity index (χ0n) is 9.14. The first kappa shape index (κ1) is 12.1. The molecule has 90 valence electrons. The van der Waals surface area contributed by atoms with Crippen LogP contribution in [0.3, 0.4) is 0 Å². The van der Waals surface area contributed by atoms with E-state index in [9.17, 15) is 4.79 Å². The van der Waals surface area contributed by atoms with E-state index in [-0.39, 0.29) is 5.75 Å². The highest BCUT2D eigenvalue weighted by molar-refractivity contribution is 7.99. The van der Waals surface area contributed by atoms with Crippen LogP contribution in [0.4, 0.5) is 0 Å². The molecule has 0 aliphatic heterocycles. The number of nitrogens with one attached hydrogen (secondary N) is 1. The molecule has 0 aromatic carbocycles. The minimum absolute atomic E-state index is 0.0258. The fourth-order valence-electron chi connectivity index (χ4n) is 1.24. The molecule has 0 fully saturated rings. The Labute approximate surface area is 106 Å². The summed E-state index contributed by atoms with van der Waals surface area (Å²) in [5.74, 6) is -0.199. The number of thiophene rings is 1. The molecule has 0 saturated carbocycles. The molecule has 0 amide bonds. The lowest BCUT2D eigenvalue weighted by Crippen LogP contribution is -1.97. The fraction of sp³-hybridized carbons (Fsp3) is 0.300. The summed E-state index contributed by atoms with van der Waals surface area (Å²) in [6.07, 6.45) is 0.999. The molecular weight excluding hydrogens is 258 g/mol. The molecule has 0 bridgehead atoms. The number of hydrogen-bond acceptors (Lipinski definition) is 5. The van der Waals surface area contributed by atoms with Gasteiger partial charge in [-0.3, -0.25) is 9.89 Å². The second kappa shape index (κ2) is 5.33. The van der Waals surface area contributed by atoms with E-state index in [1.165, 1.54) is 4.88 Å². The molecule has 7 heteroatoms. The van der Waals surface area contributed by atoms with Gasteiger partial charge in [0.15, 0.2) is 5.82 Å². The Hall–Kier alpha value is -1.34. The Kier molecular flexibility index (Phi) is 3.80. The van der Waals surface area contributed by atoms with Crippen LogP contribution < -0.4 is 0 Å². The lowest BCUT2D eigenvalue weighted by Gasteiger charge is -1.89. The molecule has 2 N–H and O–H groups in total. The van der Waals surface area contributed by atoms with Crippen molar-refractivity contribution in [3.05, 3.63) is 17.0 Å². The van der Waals surface area contributed by atoms with E-state index in [4.69, 9.17) is 5.11 Å². The Bertz CT molecular complexity index is 521. The van der Waals surface area contributed by atoms with Gasteiger partial charge in [-0.25, -0.2) is 4.98 Å². The van der Waals surface area contributed by atoms with Crippen LogP contribution in [0.15, 0.2) is 17.3 Å². The molecule has 2 aromatic heterocycles. The second-order valence-corrected chi connectivity index (χ2v) is 5.38. The Balaban J connectivity index is 2.09. The van der Waals surface area contributed by atoms with Gasteiger partial charge in [-0.2, -0.15) is 0 Å². The quantitative estimate of drug-likeness (QED) is 0.814. The molecule has 2 rings (SSSR count). The number of rotatable bonds is 5. The van der Waals surface area contributed by atoms with Gasteiger partial charge in [0.25, 0.3) is 0 Å². The molecule has 0 aliphatic carbocycles. The third-order valence-electron chi connectivity index (χ3n) is 2.03. The molecule has 0 unspecified atom stereocenters. The highest BCUT2D eigenvalue weighted by Gasteiger charge is 2.09. The van der Waals surface area contributed by atoms with Crippen LogP contribution in [0, 0.1) is 0 Å². The third kappa shape index (κ3) is 3.07. The van der Waals surface area contributed by atoms with Crippen LogP contribution in [0.25, 0.3) is 10.7 Å². The predicted octanol–water partition coefficient (Wildman–Crippen LogP) is 2.27. The number of hydrogen-bond donors (Lipinski definition) is 2. The third-order valence-corrected chi connectivity index (χ3v) is 4.10. The molecule has 0 saturated heterocycles. The van der Waals surface area contributed by atoms with E-state index in [1.54, 1.807) is 11.3 Å². The van der Waals surface area contributed by atoms with E-state index in [0.717, 1.165) is 23.1 Å². The molecular formula is C10H11N3O2S2. The van der Waals surface area contributed by atoms with E-state index >= 15 is 0 Å². The maximum atomic E-state index is 10.4. The molecule has 0 aliphatic rings. The Morgan fingerprint density at radius 2 is 2.41 bits per heavy atom. The first-order valence-corrected chi connectivity index (χ1v) is 6.85. The Morgan fingerprint density at radius 1 is 1.59 bits per heavy atom. The van der Waals surface area contributed by atoms with Gasteiger partial charge in [-0.05, 0) is 18.6 Å². The summed E-state index contributed by atoms with van der Waals surface area (Å²) in [4.78, 5) is 17.0. The average molecular weight is 269 g/mol. The molecule has 2 aromatic rings. The van der Waals surface area contributed by atoms with Crippen molar-refractivity contribution >= 4 is 29.1 Å². The van der Waals surface area contributed by atoms with Crippen LogP contribution in [0.5, 0.6) is 0 Å². The summed E-state index contributed by atoms with van der Waals surface area (Å²) in [7, 11) is 0. The van der Waals surface area contributed by atoms with Crippen LogP contribution in [0.1, 0.15) is 11.8 Å². The molecule has 0 spiro atoms. The zero-order valence-corrected chi connectivity index (χ0v) is 10.8. The molecule has 5 nitrogen and oxygen atoms in total. The van der Waals surface area contributed by atoms with Crippen molar-refractivity contribution in [2.24, 2.45) is 0 Å². The topological polar surface area (TPSA) is 78.9 Å². The summed E-state index contributed by atoms with van der Waals surface area (Å²) in [6, 6.07) is 4.06. The van der Waals surface area contributed by atoms with Crippen molar-refractivity contribution < 1.29 is 9.90 Å². The van der Waals surface area contributed by atoms with Gasteiger partial charge in [0.1, 0.15) is 0 Å². The molecule has 2 heterocycles. The number of aryl methyl sites for hydroxylation is 1. The molecule has 0 atom stereocenters. The largest absolute Gasteiger partial charge is 0.481 e. The number of H-pyrrole nitrogens is 1. The maximum absolute atomic E-state index is 10.4. The highest BCUT2D eigenvalue weighted by Crippen LogP contribution is 2.26. The summed E-state index contributed by atoms with van der Waals surface area (Å²) in [6.45, 7) is 2.10. The standard InChI is InChI=1S/C10H11N3O2S2/c1-2-6-3-4-7(17-6)9-11-10(13-12-9)16-5-8(14)15/h3-4H,2,5H2,1H3,(H,14,15)(H,11,12,13). The van der Waals surface area contributed by atoms with Gasteiger partial charge >= 0.3 is 5.97 Å².